The molecule has 3 aliphatic rings. The smallest absolute Gasteiger partial charge is 0.135 e. The van der Waals surface area contributed by atoms with Crippen LogP contribution in [0, 0.1) is 11.3 Å². The van der Waals surface area contributed by atoms with Crippen LogP contribution in [0.5, 0.6) is 0 Å². The monoisotopic (exact) mass is 385 g/mol. The van der Waals surface area contributed by atoms with Gasteiger partial charge in [0.05, 0.1) is 0 Å². The highest BCUT2D eigenvalue weighted by Gasteiger charge is 2.55. The van der Waals surface area contributed by atoms with Gasteiger partial charge in [-0.2, -0.15) is 0 Å². The maximum absolute atomic E-state index is 11.8. The third-order valence-electron chi connectivity index (χ3n) is 7.18. The van der Waals surface area contributed by atoms with E-state index in [1.807, 2.05) is 27.0 Å². The van der Waals surface area contributed by atoms with Crippen molar-refractivity contribution in [3.05, 3.63) is 23.8 Å². The maximum atomic E-state index is 11.8. The molecule has 0 aromatic carbocycles. The third kappa shape index (κ3) is 4.32. The molecule has 0 radical (unpaired) electrons. The Morgan fingerprint density at radius 3 is 2.39 bits per heavy atom. The van der Waals surface area contributed by atoms with Crippen LogP contribution in [0.3, 0.4) is 0 Å². The average Bonchev–Trinajstić information content (AvgIpc) is 2.67. The molecule has 4 heteroatoms. The van der Waals surface area contributed by atoms with Gasteiger partial charge in [-0.15, -0.1) is 0 Å². The highest BCUT2D eigenvalue weighted by molar-refractivity contribution is 5.81. The van der Waals surface area contributed by atoms with Gasteiger partial charge in [-0.25, -0.2) is 9.97 Å². The molecule has 2 saturated carbocycles. The molecule has 0 amide bonds. The number of hydrogen-bond acceptors (Lipinski definition) is 4. The summed E-state index contributed by atoms with van der Waals surface area (Å²) in [5.74, 6) is 2.85. The van der Waals surface area contributed by atoms with E-state index < -0.39 is 0 Å². The van der Waals surface area contributed by atoms with Crippen LogP contribution in [0.1, 0.15) is 103 Å². The summed E-state index contributed by atoms with van der Waals surface area (Å²) in [6, 6.07) is 2.88. The normalized spacial score (nSPS) is 30.4. The molecule has 1 aliphatic heterocycles. The Morgan fingerprint density at radius 2 is 1.82 bits per heavy atom. The molecule has 0 unspecified atom stereocenters. The molecule has 1 spiro atoms. The van der Waals surface area contributed by atoms with Crippen molar-refractivity contribution in [2.75, 3.05) is 13.1 Å². The van der Waals surface area contributed by atoms with E-state index in [0.29, 0.717) is 29.0 Å². The topological polar surface area (TPSA) is 46.1 Å². The summed E-state index contributed by atoms with van der Waals surface area (Å²) in [5, 5.41) is 0. The SMILES string of the molecule is CC.CCC(=O)C1CC2(C1)CC(N1CCC(c3ccnc(C(C)C)n3)CC1)C2. The van der Waals surface area contributed by atoms with Crippen LogP contribution in [-0.4, -0.2) is 39.8 Å². The van der Waals surface area contributed by atoms with Crippen molar-refractivity contribution < 1.29 is 4.79 Å². The predicted molar refractivity (Wildman–Crippen MR) is 114 cm³/mol. The number of nitrogens with zero attached hydrogens (tertiary/aromatic N) is 3. The lowest BCUT2D eigenvalue weighted by Gasteiger charge is -2.60. The molecule has 4 nitrogen and oxygen atoms in total. The molecule has 1 saturated heterocycles. The largest absolute Gasteiger partial charge is 0.300 e. The Labute approximate surface area is 171 Å². The van der Waals surface area contributed by atoms with Gasteiger partial charge in [0, 0.05) is 42.1 Å². The van der Waals surface area contributed by atoms with Gasteiger partial charge in [-0.3, -0.25) is 4.79 Å². The minimum Gasteiger partial charge on any atom is -0.300 e. The van der Waals surface area contributed by atoms with Crippen LogP contribution in [-0.2, 0) is 4.79 Å². The van der Waals surface area contributed by atoms with Gasteiger partial charge in [0.15, 0.2) is 0 Å². The number of piperidine rings is 1. The van der Waals surface area contributed by atoms with Crippen molar-refractivity contribution in [3.63, 3.8) is 0 Å². The fourth-order valence-corrected chi connectivity index (χ4v) is 5.49. The van der Waals surface area contributed by atoms with Gasteiger partial charge in [0.25, 0.3) is 0 Å². The molecule has 156 valence electrons. The van der Waals surface area contributed by atoms with E-state index in [-0.39, 0.29) is 0 Å². The number of ketones is 1. The first-order chi connectivity index (χ1) is 13.5. The first-order valence-corrected chi connectivity index (χ1v) is 11.6. The minimum atomic E-state index is 0.389. The van der Waals surface area contributed by atoms with Gasteiger partial charge < -0.3 is 4.90 Å². The Hall–Kier alpha value is -1.29. The van der Waals surface area contributed by atoms with E-state index >= 15 is 0 Å². The van der Waals surface area contributed by atoms with E-state index in [9.17, 15) is 4.79 Å². The summed E-state index contributed by atoms with van der Waals surface area (Å²) >= 11 is 0. The van der Waals surface area contributed by atoms with Crippen LogP contribution < -0.4 is 0 Å². The maximum Gasteiger partial charge on any atom is 0.135 e. The second-order valence-corrected chi connectivity index (χ2v) is 9.29. The van der Waals surface area contributed by atoms with Crippen LogP contribution in [0.2, 0.25) is 0 Å². The highest BCUT2D eigenvalue weighted by atomic mass is 16.1. The van der Waals surface area contributed by atoms with Gasteiger partial charge in [0.1, 0.15) is 11.6 Å². The molecular weight excluding hydrogens is 346 g/mol. The average molecular weight is 386 g/mol. The zero-order chi connectivity index (χ0) is 20.3. The summed E-state index contributed by atoms with van der Waals surface area (Å²) in [5.41, 5.74) is 1.78. The van der Waals surface area contributed by atoms with E-state index in [2.05, 4.69) is 29.8 Å². The van der Waals surface area contributed by atoms with Crippen molar-refractivity contribution in [3.8, 4) is 0 Å². The molecule has 0 bridgehead atoms. The van der Waals surface area contributed by atoms with Crippen molar-refractivity contribution in [2.45, 2.75) is 97.4 Å². The van der Waals surface area contributed by atoms with Crippen LogP contribution in [0.25, 0.3) is 0 Å². The number of aromatic nitrogens is 2. The summed E-state index contributed by atoms with van der Waals surface area (Å²) in [4.78, 5) is 23.8. The molecule has 4 rings (SSSR count). The fraction of sp³-hybridized carbons (Fsp3) is 0.792. The van der Waals surface area contributed by atoms with E-state index in [4.69, 9.17) is 4.98 Å². The fourth-order valence-electron chi connectivity index (χ4n) is 5.49. The van der Waals surface area contributed by atoms with Gasteiger partial charge in [-0.1, -0.05) is 34.6 Å². The van der Waals surface area contributed by atoms with Crippen LogP contribution in [0.4, 0.5) is 0 Å². The lowest BCUT2D eigenvalue weighted by atomic mass is 9.49. The Kier molecular flexibility index (Phi) is 6.90. The summed E-state index contributed by atoms with van der Waals surface area (Å²) < 4.78 is 0. The van der Waals surface area contributed by atoms with Crippen LogP contribution >= 0.6 is 0 Å². The van der Waals surface area contributed by atoms with Gasteiger partial charge in [-0.05, 0) is 63.1 Å². The van der Waals surface area contributed by atoms with E-state index in [1.54, 1.807) is 0 Å². The number of hydrogen-bond donors (Lipinski definition) is 0. The summed E-state index contributed by atoms with van der Waals surface area (Å²) in [6.45, 7) is 12.7. The number of rotatable bonds is 5. The summed E-state index contributed by atoms with van der Waals surface area (Å²) in [7, 11) is 0. The predicted octanol–water partition coefficient (Wildman–Crippen LogP) is 5.34. The first-order valence-electron chi connectivity index (χ1n) is 11.6. The number of carbonyl (C=O) groups excluding carboxylic acids is 1. The number of carbonyl (C=O) groups is 1. The lowest BCUT2D eigenvalue weighted by Crippen LogP contribution is -2.58. The molecule has 1 aromatic rings. The molecule has 28 heavy (non-hydrogen) atoms. The minimum absolute atomic E-state index is 0.389. The van der Waals surface area contributed by atoms with Crippen molar-refractivity contribution >= 4 is 5.78 Å². The Balaban J connectivity index is 0.00000109. The molecule has 2 heterocycles. The molecule has 3 fully saturated rings. The Bertz CT molecular complexity index is 650. The number of Topliss-reactive ketones (excluding diaryl/α,β-unsaturated/α-hetero) is 1. The van der Waals surface area contributed by atoms with E-state index in [1.165, 1.54) is 57.3 Å². The summed E-state index contributed by atoms with van der Waals surface area (Å²) in [6.07, 6.45) is 10.1. The highest BCUT2D eigenvalue weighted by Crippen LogP contribution is 2.60. The molecule has 1 aromatic heterocycles. The molecule has 2 aliphatic carbocycles. The molecule has 0 atom stereocenters. The quantitative estimate of drug-likeness (QED) is 0.686. The van der Waals surface area contributed by atoms with Gasteiger partial charge in [0.2, 0.25) is 0 Å². The number of likely N-dealkylation sites (tertiary alicyclic amines) is 1. The standard InChI is InChI=1S/C22H33N3O.C2H6/c1-4-20(26)17-11-22(12-17)13-18(14-22)25-9-6-16(7-10-25)19-5-8-23-21(24-19)15(2)3;1-2/h5,8,15-18H,4,6-7,9-14H2,1-3H3;1-2H3. The Morgan fingerprint density at radius 1 is 1.18 bits per heavy atom. The third-order valence-corrected chi connectivity index (χ3v) is 7.18. The molecule has 0 N–H and O–H groups in total. The second kappa shape index (κ2) is 9.02. The van der Waals surface area contributed by atoms with Crippen LogP contribution in [0.15, 0.2) is 12.3 Å². The van der Waals surface area contributed by atoms with Crippen molar-refractivity contribution in [2.24, 2.45) is 11.3 Å². The van der Waals surface area contributed by atoms with Gasteiger partial charge >= 0.3 is 0 Å². The lowest BCUT2D eigenvalue weighted by molar-refractivity contribution is -0.141. The molecular formula is C24H39N3O. The van der Waals surface area contributed by atoms with Crippen molar-refractivity contribution in [1.29, 1.82) is 0 Å². The van der Waals surface area contributed by atoms with Crippen molar-refractivity contribution in [1.82, 2.24) is 14.9 Å². The first kappa shape index (κ1) is 21.4. The zero-order valence-electron chi connectivity index (χ0n) is 18.6. The second-order valence-electron chi connectivity index (χ2n) is 9.29. The van der Waals surface area contributed by atoms with E-state index in [0.717, 1.165) is 18.3 Å². The zero-order valence-corrected chi connectivity index (χ0v) is 18.6.